The minimum atomic E-state index is -0.636. The van der Waals surface area contributed by atoms with Crippen LogP contribution >= 0.6 is 23.5 Å². The second kappa shape index (κ2) is 4.57. The average Bonchev–Trinajstić information content (AvgIpc) is 2.54. The highest BCUT2D eigenvalue weighted by molar-refractivity contribution is 9.11. The lowest BCUT2D eigenvalue weighted by Crippen LogP contribution is -1.79. The zero-order chi connectivity index (χ0) is 11.7. The van der Waals surface area contributed by atoms with Crippen molar-refractivity contribution in [2.45, 2.75) is 13.8 Å². The van der Waals surface area contributed by atoms with Crippen LogP contribution in [0.1, 0.15) is 21.2 Å². The van der Waals surface area contributed by atoms with Crippen LogP contribution in [0.25, 0.3) is 5.30 Å². The maximum Gasteiger partial charge on any atom is 0.154 e. The lowest BCUT2D eigenvalue weighted by atomic mass is 10.2. The van der Waals surface area contributed by atoms with Gasteiger partial charge in [0.15, 0.2) is 6.29 Å². The van der Waals surface area contributed by atoms with Gasteiger partial charge in [0.05, 0.1) is 0 Å². The SMILES string of the molecule is Cc1c(C)c(C=O)p(-c2ccccc2)c1Br. The lowest BCUT2D eigenvalue weighted by molar-refractivity contribution is 0.112. The Labute approximate surface area is 105 Å². The second-order valence-corrected chi connectivity index (χ2v) is 7.24. The topological polar surface area (TPSA) is 17.1 Å². The molecule has 0 aliphatic carbocycles. The fourth-order valence-corrected chi connectivity index (χ4v) is 5.54. The van der Waals surface area contributed by atoms with Crippen LogP contribution < -0.4 is 0 Å². The Bertz CT molecular complexity index is 529. The summed E-state index contributed by atoms with van der Waals surface area (Å²) in [7, 11) is -0.636. The van der Waals surface area contributed by atoms with E-state index in [9.17, 15) is 4.79 Å². The number of carbonyl (C=O) groups excluding carboxylic acids is 1. The molecule has 0 aliphatic rings. The first-order valence-corrected chi connectivity index (χ1v) is 7.18. The van der Waals surface area contributed by atoms with Crippen molar-refractivity contribution in [3.05, 3.63) is 51.0 Å². The van der Waals surface area contributed by atoms with Crippen LogP contribution in [-0.4, -0.2) is 6.29 Å². The number of hydrogen-bond acceptors (Lipinski definition) is 1. The van der Waals surface area contributed by atoms with Gasteiger partial charge in [-0.1, -0.05) is 37.9 Å². The monoisotopic (exact) mass is 294 g/mol. The van der Waals surface area contributed by atoms with E-state index < -0.39 is 7.53 Å². The first-order chi connectivity index (χ1) is 7.66. The molecule has 1 aromatic heterocycles. The Morgan fingerprint density at radius 2 is 1.75 bits per heavy atom. The summed E-state index contributed by atoms with van der Waals surface area (Å²) in [4.78, 5) is 11.2. The number of benzene rings is 1. The molecule has 0 amide bonds. The maximum absolute atomic E-state index is 11.2. The van der Waals surface area contributed by atoms with Gasteiger partial charge in [0, 0.05) is 9.50 Å². The summed E-state index contributed by atoms with van der Waals surface area (Å²) in [6.07, 6.45) is 1.01. The third-order valence-electron chi connectivity index (χ3n) is 2.82. The van der Waals surface area contributed by atoms with Crippen molar-refractivity contribution in [3.8, 4) is 5.30 Å². The van der Waals surface area contributed by atoms with Crippen molar-refractivity contribution in [2.24, 2.45) is 0 Å². The van der Waals surface area contributed by atoms with Crippen LogP contribution in [0.5, 0.6) is 0 Å². The van der Waals surface area contributed by atoms with Crippen LogP contribution in [0.3, 0.4) is 0 Å². The zero-order valence-electron chi connectivity index (χ0n) is 9.20. The van der Waals surface area contributed by atoms with Gasteiger partial charge in [-0.15, -0.1) is 0 Å². The van der Waals surface area contributed by atoms with Crippen molar-refractivity contribution >= 4 is 29.7 Å². The van der Waals surface area contributed by atoms with Gasteiger partial charge in [-0.05, 0) is 46.2 Å². The van der Waals surface area contributed by atoms with Gasteiger partial charge < -0.3 is 0 Å². The largest absolute Gasteiger partial charge is 0.298 e. The zero-order valence-corrected chi connectivity index (χ0v) is 11.7. The van der Waals surface area contributed by atoms with E-state index in [1.54, 1.807) is 0 Å². The summed E-state index contributed by atoms with van der Waals surface area (Å²) in [6.45, 7) is 4.08. The molecule has 0 bridgehead atoms. The van der Waals surface area contributed by atoms with Crippen LogP contribution in [0.2, 0.25) is 0 Å². The fraction of sp³-hybridized carbons (Fsp3) is 0.154. The molecule has 1 aromatic carbocycles. The number of rotatable bonds is 2. The van der Waals surface area contributed by atoms with Crippen molar-refractivity contribution < 1.29 is 4.79 Å². The van der Waals surface area contributed by atoms with Gasteiger partial charge >= 0.3 is 0 Å². The van der Waals surface area contributed by atoms with Crippen LogP contribution in [0, 0.1) is 13.8 Å². The van der Waals surface area contributed by atoms with Crippen LogP contribution in [0.15, 0.2) is 34.5 Å². The minimum absolute atomic E-state index is 0.636. The Kier molecular flexibility index (Phi) is 3.32. The molecule has 0 fully saturated rings. The second-order valence-electron chi connectivity index (χ2n) is 3.71. The Morgan fingerprint density at radius 3 is 2.31 bits per heavy atom. The summed E-state index contributed by atoms with van der Waals surface area (Å²) < 4.78 is 1.17. The summed E-state index contributed by atoms with van der Waals surface area (Å²) in [5, 5.41) is 2.16. The molecule has 0 spiro atoms. The first-order valence-electron chi connectivity index (χ1n) is 5.04. The van der Waals surface area contributed by atoms with Crippen molar-refractivity contribution in [1.82, 2.24) is 0 Å². The number of hydrogen-bond donors (Lipinski definition) is 0. The van der Waals surface area contributed by atoms with E-state index in [0.29, 0.717) is 0 Å². The molecule has 16 heavy (non-hydrogen) atoms. The standard InChI is InChI=1S/C13H12BrOP/c1-9-10(2)13(14)16(12(9)8-15)11-6-4-3-5-7-11/h3-8H,1-2H3. The Hall–Kier alpha value is -0.850. The smallest absolute Gasteiger partial charge is 0.154 e. The molecule has 0 saturated carbocycles. The molecule has 0 saturated heterocycles. The van der Waals surface area contributed by atoms with Crippen molar-refractivity contribution in [2.75, 3.05) is 0 Å². The molecule has 1 atom stereocenters. The highest BCUT2D eigenvalue weighted by atomic mass is 79.9. The molecule has 0 radical (unpaired) electrons. The molecule has 1 nitrogen and oxygen atoms in total. The third kappa shape index (κ3) is 1.77. The Balaban J connectivity index is 2.74. The van der Waals surface area contributed by atoms with Gasteiger partial charge in [-0.2, -0.15) is 0 Å². The molecule has 0 N–H and O–H groups in total. The summed E-state index contributed by atoms with van der Waals surface area (Å²) in [5.74, 6) is 0. The van der Waals surface area contributed by atoms with E-state index in [-0.39, 0.29) is 0 Å². The van der Waals surface area contributed by atoms with E-state index >= 15 is 0 Å². The molecule has 0 aliphatic heterocycles. The van der Waals surface area contributed by atoms with Gasteiger partial charge in [-0.25, -0.2) is 0 Å². The number of aldehydes is 1. The van der Waals surface area contributed by atoms with E-state index in [1.807, 2.05) is 25.1 Å². The molecule has 3 heteroatoms. The van der Waals surface area contributed by atoms with Gasteiger partial charge in [0.1, 0.15) is 0 Å². The fourth-order valence-electron chi connectivity index (χ4n) is 1.76. The summed E-state index contributed by atoms with van der Waals surface area (Å²) in [6, 6.07) is 10.2. The summed E-state index contributed by atoms with van der Waals surface area (Å²) in [5.41, 5.74) is 2.33. The maximum atomic E-state index is 11.2. The average molecular weight is 295 g/mol. The number of carbonyl (C=O) groups is 1. The third-order valence-corrected chi connectivity index (χ3v) is 6.94. The molecular formula is C13H12BrOP. The molecule has 2 rings (SSSR count). The predicted octanol–water partition coefficient (Wildman–Crippen LogP) is 4.85. The molecule has 2 aromatic rings. The van der Waals surface area contributed by atoms with Crippen LogP contribution in [-0.2, 0) is 0 Å². The predicted molar refractivity (Wildman–Crippen MR) is 73.0 cm³/mol. The van der Waals surface area contributed by atoms with E-state index in [2.05, 4.69) is 35.0 Å². The van der Waals surface area contributed by atoms with Gasteiger partial charge in [0.25, 0.3) is 0 Å². The summed E-state index contributed by atoms with van der Waals surface area (Å²) >= 11 is 3.64. The van der Waals surface area contributed by atoms with Crippen LogP contribution in [0.4, 0.5) is 0 Å². The van der Waals surface area contributed by atoms with Gasteiger partial charge in [-0.3, -0.25) is 4.79 Å². The highest BCUT2D eigenvalue weighted by Gasteiger charge is 2.17. The van der Waals surface area contributed by atoms with Crippen molar-refractivity contribution in [1.29, 1.82) is 0 Å². The number of halogens is 1. The van der Waals surface area contributed by atoms with E-state index in [4.69, 9.17) is 0 Å². The van der Waals surface area contributed by atoms with Gasteiger partial charge in [0.2, 0.25) is 0 Å². The lowest BCUT2D eigenvalue weighted by Gasteiger charge is -2.02. The first kappa shape index (κ1) is 11.6. The molecular weight excluding hydrogens is 283 g/mol. The molecule has 1 unspecified atom stereocenters. The molecule has 82 valence electrons. The Morgan fingerprint density at radius 1 is 1.12 bits per heavy atom. The normalized spacial score (nSPS) is 11.6. The van der Waals surface area contributed by atoms with E-state index in [1.165, 1.54) is 15.1 Å². The highest BCUT2D eigenvalue weighted by Crippen LogP contribution is 2.53. The van der Waals surface area contributed by atoms with E-state index in [0.717, 1.165) is 17.1 Å². The quantitative estimate of drug-likeness (QED) is 0.723. The van der Waals surface area contributed by atoms with Crippen molar-refractivity contribution in [3.63, 3.8) is 0 Å². The molecule has 1 heterocycles. The minimum Gasteiger partial charge on any atom is -0.298 e.